The van der Waals surface area contributed by atoms with Gasteiger partial charge in [0.05, 0.1) is 11.4 Å². The molecule has 3 nitrogen and oxygen atoms in total. The van der Waals surface area contributed by atoms with Gasteiger partial charge in [-0.3, -0.25) is 4.90 Å². The van der Waals surface area contributed by atoms with Crippen LogP contribution < -0.4 is 11.1 Å². The zero-order valence-electron chi connectivity index (χ0n) is 10.4. The van der Waals surface area contributed by atoms with Crippen LogP contribution in [0.3, 0.4) is 0 Å². The average molecular weight is 231 g/mol. The lowest BCUT2D eigenvalue weighted by molar-refractivity contribution is 0.326. The van der Waals surface area contributed by atoms with Crippen LogP contribution in [0, 0.1) is 6.92 Å². The molecule has 1 aliphatic carbocycles. The maximum atomic E-state index is 6.03. The molecule has 1 unspecified atom stereocenters. The van der Waals surface area contributed by atoms with Crippen molar-refractivity contribution in [1.82, 2.24) is 4.90 Å². The van der Waals surface area contributed by atoms with Crippen molar-refractivity contribution in [2.24, 2.45) is 0 Å². The van der Waals surface area contributed by atoms with Gasteiger partial charge >= 0.3 is 0 Å². The highest BCUT2D eigenvalue weighted by atomic mass is 15.2. The fourth-order valence-corrected chi connectivity index (χ4v) is 2.71. The van der Waals surface area contributed by atoms with Gasteiger partial charge in [-0.05, 0) is 43.9 Å². The maximum absolute atomic E-state index is 6.03. The van der Waals surface area contributed by atoms with Crippen LogP contribution in [0.15, 0.2) is 18.2 Å². The van der Waals surface area contributed by atoms with Crippen LogP contribution in [-0.2, 0) is 0 Å². The largest absolute Gasteiger partial charge is 0.397 e. The number of nitrogen functional groups attached to an aromatic ring is 1. The fraction of sp³-hybridized carbons (Fsp3) is 0.571. The van der Waals surface area contributed by atoms with E-state index in [2.05, 4.69) is 29.3 Å². The Morgan fingerprint density at radius 1 is 1.29 bits per heavy atom. The zero-order valence-corrected chi connectivity index (χ0v) is 10.4. The number of hydrogen-bond acceptors (Lipinski definition) is 3. The summed E-state index contributed by atoms with van der Waals surface area (Å²) in [6, 6.07) is 7.71. The fourth-order valence-electron chi connectivity index (χ4n) is 2.71. The third kappa shape index (κ3) is 2.39. The summed E-state index contributed by atoms with van der Waals surface area (Å²) in [5, 5.41) is 3.58. The minimum absolute atomic E-state index is 0.570. The van der Waals surface area contributed by atoms with Gasteiger partial charge in [-0.2, -0.15) is 0 Å². The predicted molar refractivity (Wildman–Crippen MR) is 72.2 cm³/mol. The Balaban J connectivity index is 1.63. The Labute approximate surface area is 103 Å². The van der Waals surface area contributed by atoms with Gasteiger partial charge in [-0.25, -0.2) is 0 Å². The minimum atomic E-state index is 0.570. The molecule has 0 radical (unpaired) electrons. The normalized spacial score (nSPS) is 25.1. The van der Waals surface area contributed by atoms with Crippen LogP contribution in [0.5, 0.6) is 0 Å². The van der Waals surface area contributed by atoms with Crippen LogP contribution >= 0.6 is 0 Å². The molecule has 0 aromatic heterocycles. The molecule has 3 rings (SSSR count). The average Bonchev–Trinajstić information content (AvgIpc) is 3.04. The van der Waals surface area contributed by atoms with Gasteiger partial charge in [0.25, 0.3) is 0 Å². The molecular weight excluding hydrogens is 210 g/mol. The van der Waals surface area contributed by atoms with Crippen LogP contribution in [0.4, 0.5) is 11.4 Å². The first kappa shape index (κ1) is 10.9. The SMILES string of the molecule is Cc1ccc(NC2CCN(C3CC3)C2)c(N)c1. The van der Waals surface area contributed by atoms with Gasteiger partial charge in [0.15, 0.2) is 0 Å². The second-order valence-electron chi connectivity index (χ2n) is 5.45. The standard InChI is InChI=1S/C14H21N3/c1-10-2-5-14(13(15)8-10)16-11-6-7-17(9-11)12-3-4-12/h2,5,8,11-12,16H,3-4,6-7,9,15H2,1H3. The van der Waals surface area contributed by atoms with E-state index in [0.29, 0.717) is 6.04 Å². The third-order valence-electron chi connectivity index (χ3n) is 3.85. The molecule has 3 heteroatoms. The Kier molecular flexibility index (Phi) is 2.71. The number of nitrogens with zero attached hydrogens (tertiary/aromatic N) is 1. The Hall–Kier alpha value is -1.22. The maximum Gasteiger partial charge on any atom is 0.0576 e. The monoisotopic (exact) mass is 231 g/mol. The quantitative estimate of drug-likeness (QED) is 0.784. The van der Waals surface area contributed by atoms with E-state index in [1.807, 2.05) is 6.07 Å². The van der Waals surface area contributed by atoms with Crippen molar-refractivity contribution in [3.05, 3.63) is 23.8 Å². The Morgan fingerprint density at radius 2 is 2.12 bits per heavy atom. The second-order valence-corrected chi connectivity index (χ2v) is 5.45. The highest BCUT2D eigenvalue weighted by Gasteiger charge is 2.34. The molecule has 0 spiro atoms. The summed E-state index contributed by atoms with van der Waals surface area (Å²) < 4.78 is 0. The summed E-state index contributed by atoms with van der Waals surface area (Å²) >= 11 is 0. The van der Waals surface area contributed by atoms with E-state index in [1.165, 1.54) is 37.9 Å². The molecule has 1 heterocycles. The number of benzene rings is 1. The Morgan fingerprint density at radius 3 is 2.82 bits per heavy atom. The molecule has 17 heavy (non-hydrogen) atoms. The molecule has 1 aromatic carbocycles. The first-order chi connectivity index (χ1) is 8.22. The highest BCUT2D eigenvalue weighted by Crippen LogP contribution is 2.31. The first-order valence-corrected chi connectivity index (χ1v) is 6.59. The lowest BCUT2D eigenvalue weighted by Gasteiger charge is -2.18. The molecule has 92 valence electrons. The van der Waals surface area contributed by atoms with E-state index in [9.17, 15) is 0 Å². The lowest BCUT2D eigenvalue weighted by Crippen LogP contribution is -2.27. The van der Waals surface area contributed by atoms with Crippen molar-refractivity contribution < 1.29 is 0 Å². The van der Waals surface area contributed by atoms with Crippen LogP contribution in [-0.4, -0.2) is 30.1 Å². The number of nitrogens with two attached hydrogens (primary N) is 1. The lowest BCUT2D eigenvalue weighted by atomic mass is 10.1. The summed E-state index contributed by atoms with van der Waals surface area (Å²) in [4.78, 5) is 2.61. The van der Waals surface area contributed by atoms with Crippen molar-refractivity contribution in [1.29, 1.82) is 0 Å². The molecule has 2 fully saturated rings. The molecule has 1 saturated heterocycles. The van der Waals surface area contributed by atoms with E-state index in [1.54, 1.807) is 0 Å². The van der Waals surface area contributed by atoms with Gasteiger partial charge in [0, 0.05) is 25.2 Å². The number of nitrogens with one attached hydrogen (secondary N) is 1. The summed E-state index contributed by atoms with van der Waals surface area (Å²) in [5.41, 5.74) is 9.22. The van der Waals surface area contributed by atoms with Crippen molar-refractivity contribution in [2.45, 2.75) is 38.3 Å². The molecule has 1 atom stereocenters. The van der Waals surface area contributed by atoms with Crippen LogP contribution in [0.1, 0.15) is 24.8 Å². The number of rotatable bonds is 3. The second kappa shape index (κ2) is 4.22. The van der Waals surface area contributed by atoms with Gasteiger partial charge in [-0.1, -0.05) is 6.07 Å². The smallest absolute Gasteiger partial charge is 0.0576 e. The van der Waals surface area contributed by atoms with Crippen molar-refractivity contribution >= 4 is 11.4 Å². The first-order valence-electron chi connectivity index (χ1n) is 6.59. The molecule has 1 aliphatic heterocycles. The van der Waals surface area contributed by atoms with Crippen molar-refractivity contribution in [3.63, 3.8) is 0 Å². The zero-order chi connectivity index (χ0) is 11.8. The van der Waals surface area contributed by atoms with Crippen LogP contribution in [0.2, 0.25) is 0 Å². The summed E-state index contributed by atoms with van der Waals surface area (Å²) in [7, 11) is 0. The van der Waals surface area contributed by atoms with E-state index in [-0.39, 0.29) is 0 Å². The predicted octanol–water partition coefficient (Wildman–Crippen LogP) is 2.23. The molecule has 0 bridgehead atoms. The van der Waals surface area contributed by atoms with Gasteiger partial charge in [-0.15, -0.1) is 0 Å². The topological polar surface area (TPSA) is 41.3 Å². The number of hydrogen-bond donors (Lipinski definition) is 2. The summed E-state index contributed by atoms with van der Waals surface area (Å²) in [5.74, 6) is 0. The molecule has 2 aliphatic rings. The van der Waals surface area contributed by atoms with Gasteiger partial charge < -0.3 is 11.1 Å². The van der Waals surface area contributed by atoms with E-state index < -0.39 is 0 Å². The highest BCUT2D eigenvalue weighted by molar-refractivity contribution is 5.67. The minimum Gasteiger partial charge on any atom is -0.397 e. The molecule has 1 aromatic rings. The number of anilines is 2. The van der Waals surface area contributed by atoms with Crippen molar-refractivity contribution in [3.8, 4) is 0 Å². The number of likely N-dealkylation sites (tertiary alicyclic amines) is 1. The molecule has 0 amide bonds. The third-order valence-corrected chi connectivity index (χ3v) is 3.85. The van der Waals surface area contributed by atoms with Gasteiger partial charge in [0.2, 0.25) is 0 Å². The number of aryl methyl sites for hydroxylation is 1. The molecular formula is C14H21N3. The van der Waals surface area contributed by atoms with E-state index in [4.69, 9.17) is 5.73 Å². The summed E-state index contributed by atoms with van der Waals surface area (Å²) in [6.45, 7) is 4.50. The molecule has 3 N–H and O–H groups in total. The van der Waals surface area contributed by atoms with E-state index >= 15 is 0 Å². The summed E-state index contributed by atoms with van der Waals surface area (Å²) in [6.07, 6.45) is 4.04. The van der Waals surface area contributed by atoms with Gasteiger partial charge in [0.1, 0.15) is 0 Å². The Bertz CT molecular complexity index is 412. The van der Waals surface area contributed by atoms with Crippen LogP contribution in [0.25, 0.3) is 0 Å². The molecule has 1 saturated carbocycles. The van der Waals surface area contributed by atoms with E-state index in [0.717, 1.165) is 17.4 Å². The van der Waals surface area contributed by atoms with Crippen molar-refractivity contribution in [2.75, 3.05) is 24.1 Å².